The topological polar surface area (TPSA) is 39.8 Å². The van der Waals surface area contributed by atoms with Crippen molar-refractivity contribution in [2.75, 3.05) is 0 Å². The van der Waals surface area contributed by atoms with Crippen LogP contribution in [0.25, 0.3) is 0 Å². The summed E-state index contributed by atoms with van der Waals surface area (Å²) in [7, 11) is 1.74. The van der Waals surface area contributed by atoms with Gasteiger partial charge in [-0.2, -0.15) is 5.10 Å². The first-order chi connectivity index (χ1) is 7.59. The standard InChI is InChI=1S/C12H15N3O/c1-9-6-4-5-7-11(9)8-15-12(16)14(3)10(2)13-15/h4-7H,8H2,1-3H3. The maximum Gasteiger partial charge on any atom is 0.345 e. The van der Waals surface area contributed by atoms with Crippen molar-refractivity contribution < 1.29 is 0 Å². The van der Waals surface area contributed by atoms with Gasteiger partial charge in [-0.1, -0.05) is 24.3 Å². The fraction of sp³-hybridized carbons (Fsp3) is 0.333. The fourth-order valence-electron chi connectivity index (χ4n) is 1.65. The number of hydrogen-bond acceptors (Lipinski definition) is 2. The van der Waals surface area contributed by atoms with E-state index in [0.29, 0.717) is 6.54 Å². The van der Waals surface area contributed by atoms with Gasteiger partial charge in [0, 0.05) is 7.05 Å². The zero-order chi connectivity index (χ0) is 11.7. The lowest BCUT2D eigenvalue weighted by Gasteiger charge is -2.03. The van der Waals surface area contributed by atoms with Crippen molar-refractivity contribution in [3.8, 4) is 0 Å². The molecule has 0 bridgehead atoms. The van der Waals surface area contributed by atoms with Crippen molar-refractivity contribution in [1.82, 2.24) is 14.3 Å². The molecule has 84 valence electrons. The molecule has 16 heavy (non-hydrogen) atoms. The van der Waals surface area contributed by atoms with Gasteiger partial charge in [0.25, 0.3) is 0 Å². The highest BCUT2D eigenvalue weighted by atomic mass is 16.2. The molecule has 2 aromatic rings. The van der Waals surface area contributed by atoms with Crippen LogP contribution >= 0.6 is 0 Å². The summed E-state index contributed by atoms with van der Waals surface area (Å²) in [5, 5.41) is 4.21. The Morgan fingerprint density at radius 1 is 1.25 bits per heavy atom. The summed E-state index contributed by atoms with van der Waals surface area (Å²) in [4.78, 5) is 11.8. The Hall–Kier alpha value is -1.84. The number of nitrogens with zero attached hydrogens (tertiary/aromatic N) is 3. The van der Waals surface area contributed by atoms with Crippen molar-refractivity contribution in [3.63, 3.8) is 0 Å². The molecule has 0 fully saturated rings. The lowest BCUT2D eigenvalue weighted by Crippen LogP contribution is -2.23. The van der Waals surface area contributed by atoms with Crippen LogP contribution in [0.5, 0.6) is 0 Å². The summed E-state index contributed by atoms with van der Waals surface area (Å²) < 4.78 is 3.05. The molecule has 0 atom stereocenters. The second-order valence-electron chi connectivity index (χ2n) is 3.97. The van der Waals surface area contributed by atoms with Gasteiger partial charge in [-0.25, -0.2) is 9.48 Å². The predicted molar refractivity (Wildman–Crippen MR) is 62.5 cm³/mol. The van der Waals surface area contributed by atoms with Gasteiger partial charge in [0.15, 0.2) is 0 Å². The summed E-state index contributed by atoms with van der Waals surface area (Å²) in [6, 6.07) is 8.02. The minimum Gasteiger partial charge on any atom is -0.282 e. The minimum atomic E-state index is -0.0687. The van der Waals surface area contributed by atoms with Gasteiger partial charge in [0.1, 0.15) is 5.82 Å². The summed E-state index contributed by atoms with van der Waals surface area (Å²) in [6.45, 7) is 4.40. The van der Waals surface area contributed by atoms with Crippen molar-refractivity contribution in [2.45, 2.75) is 20.4 Å². The van der Waals surface area contributed by atoms with Crippen molar-refractivity contribution in [3.05, 3.63) is 51.7 Å². The zero-order valence-electron chi connectivity index (χ0n) is 9.77. The minimum absolute atomic E-state index is 0.0687. The lowest BCUT2D eigenvalue weighted by molar-refractivity contribution is 0.643. The number of aryl methyl sites for hydroxylation is 2. The van der Waals surface area contributed by atoms with Crippen molar-refractivity contribution in [1.29, 1.82) is 0 Å². The van der Waals surface area contributed by atoms with Crippen LogP contribution in [-0.2, 0) is 13.6 Å². The Morgan fingerprint density at radius 2 is 1.94 bits per heavy atom. The third kappa shape index (κ3) is 1.78. The van der Waals surface area contributed by atoms with Crippen LogP contribution in [0.3, 0.4) is 0 Å². The van der Waals surface area contributed by atoms with Gasteiger partial charge in [-0.15, -0.1) is 0 Å². The highest BCUT2D eigenvalue weighted by molar-refractivity contribution is 5.25. The Balaban J connectivity index is 2.38. The molecular weight excluding hydrogens is 202 g/mol. The molecule has 4 heteroatoms. The highest BCUT2D eigenvalue weighted by Crippen LogP contribution is 2.07. The lowest BCUT2D eigenvalue weighted by atomic mass is 10.1. The van der Waals surface area contributed by atoms with Crippen LogP contribution < -0.4 is 5.69 Å². The molecule has 0 N–H and O–H groups in total. The third-order valence-electron chi connectivity index (χ3n) is 2.84. The van der Waals surface area contributed by atoms with E-state index in [9.17, 15) is 4.79 Å². The van der Waals surface area contributed by atoms with E-state index in [1.165, 1.54) is 10.2 Å². The Kier molecular flexibility index (Phi) is 2.64. The molecule has 0 aliphatic rings. The van der Waals surface area contributed by atoms with E-state index in [-0.39, 0.29) is 5.69 Å². The third-order valence-corrected chi connectivity index (χ3v) is 2.84. The molecule has 0 aliphatic heterocycles. The van der Waals surface area contributed by atoms with Gasteiger partial charge in [-0.3, -0.25) is 4.57 Å². The molecule has 1 aromatic carbocycles. The molecule has 0 saturated heterocycles. The van der Waals surface area contributed by atoms with E-state index < -0.39 is 0 Å². The zero-order valence-corrected chi connectivity index (χ0v) is 9.77. The second kappa shape index (κ2) is 3.96. The van der Waals surface area contributed by atoms with Gasteiger partial charge in [0.2, 0.25) is 0 Å². The Morgan fingerprint density at radius 3 is 2.50 bits per heavy atom. The van der Waals surface area contributed by atoms with Crippen LogP contribution in [0.1, 0.15) is 17.0 Å². The van der Waals surface area contributed by atoms with E-state index in [2.05, 4.69) is 5.10 Å². The monoisotopic (exact) mass is 217 g/mol. The number of benzene rings is 1. The van der Waals surface area contributed by atoms with Gasteiger partial charge in [0.05, 0.1) is 6.54 Å². The van der Waals surface area contributed by atoms with Crippen LogP contribution in [0.15, 0.2) is 29.1 Å². The first kappa shape index (κ1) is 10.7. The molecule has 1 aromatic heterocycles. The predicted octanol–water partition coefficient (Wildman–Crippen LogP) is 1.25. The molecule has 0 saturated carbocycles. The summed E-state index contributed by atoms with van der Waals surface area (Å²) in [5.41, 5.74) is 2.24. The molecule has 0 radical (unpaired) electrons. The molecule has 4 nitrogen and oxygen atoms in total. The largest absolute Gasteiger partial charge is 0.345 e. The molecule has 0 amide bonds. The highest BCUT2D eigenvalue weighted by Gasteiger charge is 2.07. The average Bonchev–Trinajstić information content (AvgIpc) is 2.50. The van der Waals surface area contributed by atoms with E-state index in [1.807, 2.05) is 38.1 Å². The first-order valence-electron chi connectivity index (χ1n) is 5.24. The van der Waals surface area contributed by atoms with Gasteiger partial charge < -0.3 is 0 Å². The molecule has 1 heterocycles. The second-order valence-corrected chi connectivity index (χ2v) is 3.97. The first-order valence-corrected chi connectivity index (χ1v) is 5.24. The normalized spacial score (nSPS) is 10.7. The average molecular weight is 217 g/mol. The molecule has 2 rings (SSSR count). The van der Waals surface area contributed by atoms with Crippen molar-refractivity contribution >= 4 is 0 Å². The molecule has 0 spiro atoms. The van der Waals surface area contributed by atoms with E-state index >= 15 is 0 Å². The van der Waals surface area contributed by atoms with E-state index in [1.54, 1.807) is 11.6 Å². The summed E-state index contributed by atoms with van der Waals surface area (Å²) in [5.74, 6) is 0.735. The quantitative estimate of drug-likeness (QED) is 0.759. The Labute approximate surface area is 94.1 Å². The molecule has 0 aliphatic carbocycles. The van der Waals surface area contributed by atoms with Crippen molar-refractivity contribution in [2.24, 2.45) is 7.05 Å². The van der Waals surface area contributed by atoms with Crippen LogP contribution in [-0.4, -0.2) is 14.3 Å². The Bertz CT molecular complexity index is 566. The number of rotatable bonds is 2. The number of aromatic nitrogens is 3. The van der Waals surface area contributed by atoms with Crippen LogP contribution in [0.4, 0.5) is 0 Å². The van der Waals surface area contributed by atoms with Crippen LogP contribution in [0, 0.1) is 13.8 Å². The SMILES string of the molecule is Cc1ccccc1Cn1nc(C)n(C)c1=O. The van der Waals surface area contributed by atoms with Gasteiger partial charge in [-0.05, 0) is 25.0 Å². The number of hydrogen-bond donors (Lipinski definition) is 0. The molecule has 0 unspecified atom stereocenters. The van der Waals surface area contributed by atoms with Crippen LogP contribution in [0.2, 0.25) is 0 Å². The smallest absolute Gasteiger partial charge is 0.282 e. The van der Waals surface area contributed by atoms with E-state index in [4.69, 9.17) is 0 Å². The summed E-state index contributed by atoms with van der Waals surface area (Å²) >= 11 is 0. The summed E-state index contributed by atoms with van der Waals surface area (Å²) in [6.07, 6.45) is 0. The maximum atomic E-state index is 11.8. The molecular formula is C12H15N3O. The van der Waals surface area contributed by atoms with Gasteiger partial charge >= 0.3 is 5.69 Å². The maximum absolute atomic E-state index is 11.8. The fourth-order valence-corrected chi connectivity index (χ4v) is 1.65. The van der Waals surface area contributed by atoms with E-state index in [0.717, 1.165) is 11.4 Å².